The van der Waals surface area contributed by atoms with Crippen LogP contribution in [-0.4, -0.2) is 32.1 Å². The van der Waals surface area contributed by atoms with Crippen LogP contribution in [0, 0.1) is 0 Å². The number of amides is 2. The quantitative estimate of drug-likeness (QED) is 0.340. The molecule has 6 rings (SSSR count). The minimum atomic E-state index is -1.36. The minimum absolute atomic E-state index is 0.355. The van der Waals surface area contributed by atoms with Gasteiger partial charge in [0.1, 0.15) is 23.0 Å². The fourth-order valence-electron chi connectivity index (χ4n) is 5.57. The number of imide groups is 1. The second-order valence-corrected chi connectivity index (χ2v) is 9.24. The van der Waals surface area contributed by atoms with E-state index in [1.54, 1.807) is 43.5 Å². The second kappa shape index (κ2) is 9.36. The Kier molecular flexibility index (Phi) is 5.85. The smallest absolute Gasteiger partial charge is 0.267 e. The number of fused-ring (bicyclic) bond motifs is 1. The summed E-state index contributed by atoms with van der Waals surface area (Å²) >= 11 is 0. The molecule has 0 radical (unpaired) electrons. The number of methoxy groups -OCH3 is 2. The molecule has 0 saturated carbocycles. The molecular weight excluding hydrogens is 480 g/mol. The van der Waals surface area contributed by atoms with E-state index in [0.717, 1.165) is 11.3 Å². The molecule has 7 nitrogen and oxygen atoms in total. The number of hydrogen-bond donors (Lipinski definition) is 0. The first-order valence-corrected chi connectivity index (χ1v) is 12.3. The minimum Gasteiger partial charge on any atom is -0.497 e. The van der Waals surface area contributed by atoms with Crippen molar-refractivity contribution in [1.82, 2.24) is 0 Å². The normalized spacial score (nSPS) is 22.5. The number of hydrogen-bond acceptors (Lipinski definition) is 6. The lowest BCUT2D eigenvalue weighted by molar-refractivity contribution is -0.126. The van der Waals surface area contributed by atoms with Crippen LogP contribution in [-0.2, 0) is 19.8 Å². The fraction of sp³-hybridized carbons (Fsp3) is 0.161. The van der Waals surface area contributed by atoms with Crippen molar-refractivity contribution in [2.75, 3.05) is 24.2 Å². The molecule has 7 heteroatoms. The molecule has 2 aliphatic heterocycles. The van der Waals surface area contributed by atoms with Crippen molar-refractivity contribution in [3.63, 3.8) is 0 Å². The number of benzene rings is 4. The van der Waals surface area contributed by atoms with E-state index in [4.69, 9.17) is 14.3 Å². The van der Waals surface area contributed by atoms with Crippen LogP contribution in [0.1, 0.15) is 17.2 Å². The summed E-state index contributed by atoms with van der Waals surface area (Å²) in [5, 5.41) is 1.71. The summed E-state index contributed by atoms with van der Waals surface area (Å²) in [5.74, 6) is 0.457. The molecule has 0 aromatic heterocycles. The highest BCUT2D eigenvalue weighted by Gasteiger charge is 2.72. The first kappa shape index (κ1) is 23.8. The van der Waals surface area contributed by atoms with Gasteiger partial charge in [-0.3, -0.25) is 14.4 Å². The zero-order chi connectivity index (χ0) is 26.3. The number of ether oxygens (including phenoxy) is 2. The van der Waals surface area contributed by atoms with Gasteiger partial charge >= 0.3 is 0 Å². The van der Waals surface area contributed by atoms with Gasteiger partial charge in [-0.05, 0) is 47.5 Å². The van der Waals surface area contributed by atoms with Crippen molar-refractivity contribution >= 4 is 23.2 Å². The van der Waals surface area contributed by atoms with E-state index in [1.165, 1.54) is 4.90 Å². The third-order valence-corrected chi connectivity index (χ3v) is 7.31. The van der Waals surface area contributed by atoms with Crippen LogP contribution in [0.25, 0.3) is 0 Å². The lowest BCUT2D eigenvalue weighted by atomic mass is 9.69. The maximum atomic E-state index is 14.7. The van der Waals surface area contributed by atoms with Crippen LogP contribution in [0.3, 0.4) is 0 Å². The van der Waals surface area contributed by atoms with E-state index in [-0.39, 0.29) is 5.91 Å². The van der Waals surface area contributed by atoms with Crippen molar-refractivity contribution in [1.29, 1.82) is 0 Å². The molecule has 2 aliphatic rings. The highest BCUT2D eigenvalue weighted by Crippen LogP contribution is 2.57. The zero-order valence-corrected chi connectivity index (χ0v) is 21.0. The van der Waals surface area contributed by atoms with Crippen LogP contribution in [0.5, 0.6) is 11.5 Å². The second-order valence-electron chi connectivity index (χ2n) is 9.24. The van der Waals surface area contributed by atoms with E-state index >= 15 is 0 Å². The Balaban J connectivity index is 1.60. The Morgan fingerprint density at radius 2 is 1.34 bits per heavy atom. The Morgan fingerprint density at radius 3 is 2.00 bits per heavy atom. The van der Waals surface area contributed by atoms with Crippen LogP contribution < -0.4 is 19.4 Å². The van der Waals surface area contributed by atoms with E-state index in [9.17, 15) is 9.59 Å². The molecule has 2 amide bonds. The number of nitrogens with zero attached hydrogens (tertiary/aromatic N) is 2. The average molecular weight is 507 g/mol. The van der Waals surface area contributed by atoms with Crippen LogP contribution >= 0.6 is 0 Å². The summed E-state index contributed by atoms with van der Waals surface area (Å²) in [4.78, 5) is 36.6. The number of hydroxylamine groups is 1. The molecule has 4 aromatic rings. The molecule has 190 valence electrons. The molecule has 3 atom stereocenters. The summed E-state index contributed by atoms with van der Waals surface area (Å²) in [7, 11) is 3.16. The first-order valence-electron chi connectivity index (χ1n) is 12.3. The predicted octanol–water partition coefficient (Wildman–Crippen LogP) is 5.08. The monoisotopic (exact) mass is 506 g/mol. The number of carbonyl (C=O) groups is 2. The lowest BCUT2D eigenvalue weighted by Crippen LogP contribution is -2.46. The molecular formula is C31H26N2O5. The molecule has 2 fully saturated rings. The van der Waals surface area contributed by atoms with Gasteiger partial charge in [0.2, 0.25) is 5.91 Å². The maximum Gasteiger partial charge on any atom is 0.267 e. The Bertz CT molecular complexity index is 1480. The molecule has 2 saturated heterocycles. The molecule has 4 aromatic carbocycles. The average Bonchev–Trinajstić information content (AvgIpc) is 3.45. The maximum absolute atomic E-state index is 14.7. The molecule has 0 spiro atoms. The summed E-state index contributed by atoms with van der Waals surface area (Å²) in [6.07, 6.45) is -1.09. The largest absolute Gasteiger partial charge is 0.497 e. The van der Waals surface area contributed by atoms with Crippen molar-refractivity contribution in [2.24, 2.45) is 0 Å². The SMILES string of the molecule is COc1ccc([C@@H]2N(c3ccccc3)O[C@@H]3C(=O)N(c4cccc(OC)c4)C(=O)[C@@]32c2ccccc2)cc1. The van der Waals surface area contributed by atoms with Gasteiger partial charge in [0.15, 0.2) is 6.10 Å². The molecule has 0 bridgehead atoms. The number of anilines is 2. The first-order chi connectivity index (χ1) is 18.6. The molecule has 0 aliphatic carbocycles. The highest BCUT2D eigenvalue weighted by molar-refractivity contribution is 6.28. The summed E-state index contributed by atoms with van der Waals surface area (Å²) in [5.41, 5.74) is 1.34. The fourth-order valence-corrected chi connectivity index (χ4v) is 5.57. The molecule has 0 N–H and O–H groups in total. The van der Waals surface area contributed by atoms with Crippen LogP contribution in [0.4, 0.5) is 11.4 Å². The van der Waals surface area contributed by atoms with Gasteiger partial charge in [-0.2, -0.15) is 0 Å². The molecule has 38 heavy (non-hydrogen) atoms. The Hall–Kier alpha value is -4.62. The number of carbonyl (C=O) groups excluding carboxylic acids is 2. The standard InChI is InChI=1S/C31H26N2O5/c1-36-25-18-16-21(17-19-25)27-31(22-10-5-3-6-11-22)28(38-33(27)23-12-7-4-8-13-23)29(34)32(30(31)35)24-14-9-15-26(20-24)37-2/h3-20,27-28H,1-2H3/t27-,28+,31+/m0/s1. The third-order valence-electron chi connectivity index (χ3n) is 7.31. The van der Waals surface area contributed by atoms with Crippen LogP contribution in [0.15, 0.2) is 109 Å². The number of para-hydroxylation sites is 1. The van der Waals surface area contributed by atoms with E-state index in [0.29, 0.717) is 22.7 Å². The Labute approximate surface area is 220 Å². The van der Waals surface area contributed by atoms with Gasteiger partial charge in [-0.1, -0.05) is 66.7 Å². The van der Waals surface area contributed by atoms with Crippen LogP contribution in [0.2, 0.25) is 0 Å². The number of rotatable bonds is 6. The van der Waals surface area contributed by atoms with Gasteiger partial charge in [0.25, 0.3) is 5.91 Å². The van der Waals surface area contributed by atoms with Crippen molar-refractivity contribution < 1.29 is 23.9 Å². The third kappa shape index (κ3) is 3.47. The van der Waals surface area contributed by atoms with Gasteiger partial charge < -0.3 is 9.47 Å². The topological polar surface area (TPSA) is 68.3 Å². The highest BCUT2D eigenvalue weighted by atomic mass is 16.7. The van der Waals surface area contributed by atoms with Crippen molar-refractivity contribution in [2.45, 2.75) is 17.6 Å². The Morgan fingerprint density at radius 1 is 0.711 bits per heavy atom. The van der Waals surface area contributed by atoms with Gasteiger partial charge in [-0.15, -0.1) is 0 Å². The molecule has 0 unspecified atom stereocenters. The van der Waals surface area contributed by atoms with E-state index < -0.39 is 23.5 Å². The lowest BCUT2D eigenvalue weighted by Gasteiger charge is -2.35. The molecule has 2 heterocycles. The summed E-state index contributed by atoms with van der Waals surface area (Å²) in [6, 6.07) is 32.8. The summed E-state index contributed by atoms with van der Waals surface area (Å²) in [6.45, 7) is 0. The van der Waals surface area contributed by atoms with Crippen molar-refractivity contribution in [3.05, 3.63) is 120 Å². The van der Waals surface area contributed by atoms with E-state index in [2.05, 4.69) is 0 Å². The van der Waals surface area contributed by atoms with Gasteiger partial charge in [0, 0.05) is 6.07 Å². The predicted molar refractivity (Wildman–Crippen MR) is 143 cm³/mol. The zero-order valence-electron chi connectivity index (χ0n) is 21.0. The van der Waals surface area contributed by atoms with E-state index in [1.807, 2.05) is 84.9 Å². The summed E-state index contributed by atoms with van der Waals surface area (Å²) < 4.78 is 10.8. The van der Waals surface area contributed by atoms with Gasteiger partial charge in [-0.25, -0.2) is 9.96 Å². The van der Waals surface area contributed by atoms with Crippen molar-refractivity contribution in [3.8, 4) is 11.5 Å². The van der Waals surface area contributed by atoms with Gasteiger partial charge in [0.05, 0.1) is 25.6 Å².